The van der Waals surface area contributed by atoms with E-state index >= 15 is 0 Å². The minimum Gasteiger partial charge on any atom is -0.496 e. The summed E-state index contributed by atoms with van der Waals surface area (Å²) in [6.07, 6.45) is 2.70. The van der Waals surface area contributed by atoms with Crippen LogP contribution >= 0.6 is 0 Å². The van der Waals surface area contributed by atoms with Gasteiger partial charge in [0, 0.05) is 12.1 Å². The Morgan fingerprint density at radius 2 is 2.05 bits per heavy atom. The van der Waals surface area contributed by atoms with Crippen molar-refractivity contribution in [3.63, 3.8) is 0 Å². The molecule has 1 aromatic carbocycles. The molecule has 114 valence electrons. The minimum absolute atomic E-state index is 0.0713. The van der Waals surface area contributed by atoms with Gasteiger partial charge in [-0.3, -0.25) is 10.1 Å². The van der Waals surface area contributed by atoms with Crippen molar-refractivity contribution < 1.29 is 23.6 Å². The molecule has 7 heteroatoms. The van der Waals surface area contributed by atoms with Crippen LogP contribution in [0.15, 0.2) is 40.8 Å². The molecular formula is C15H13NO6. The second kappa shape index (κ2) is 6.57. The van der Waals surface area contributed by atoms with Crippen LogP contribution in [0.4, 0.5) is 5.69 Å². The first kappa shape index (κ1) is 15.3. The Morgan fingerprint density at radius 3 is 2.68 bits per heavy atom. The first-order chi connectivity index (χ1) is 10.5. The van der Waals surface area contributed by atoms with Crippen LogP contribution in [0.25, 0.3) is 17.4 Å². The van der Waals surface area contributed by atoms with Gasteiger partial charge >= 0.3 is 5.97 Å². The van der Waals surface area contributed by atoms with E-state index in [4.69, 9.17) is 9.15 Å². The smallest absolute Gasteiger partial charge is 0.330 e. The molecule has 22 heavy (non-hydrogen) atoms. The van der Waals surface area contributed by atoms with E-state index in [-0.39, 0.29) is 5.69 Å². The van der Waals surface area contributed by atoms with Crippen LogP contribution in [0.2, 0.25) is 0 Å². The number of non-ortho nitro benzene ring substituents is 1. The number of nitro benzene ring substituents is 1. The fourth-order valence-electron chi connectivity index (χ4n) is 1.80. The standard InChI is InChI=1S/C15H13NO6/c1-20-14-9-10(16(18)19)3-6-12(14)13-7-4-11(22-13)5-8-15(17)21-2/h3-9H,1-2H3/b8-5+. The van der Waals surface area contributed by atoms with Crippen molar-refractivity contribution in [3.05, 3.63) is 52.3 Å². The van der Waals surface area contributed by atoms with Gasteiger partial charge in [-0.15, -0.1) is 0 Å². The van der Waals surface area contributed by atoms with E-state index in [2.05, 4.69) is 4.74 Å². The first-order valence-corrected chi connectivity index (χ1v) is 6.24. The lowest BCUT2D eigenvalue weighted by molar-refractivity contribution is -0.384. The number of carbonyl (C=O) groups excluding carboxylic acids is 1. The zero-order chi connectivity index (χ0) is 16.1. The van der Waals surface area contributed by atoms with Crippen LogP contribution in [0.3, 0.4) is 0 Å². The lowest BCUT2D eigenvalue weighted by atomic mass is 10.1. The van der Waals surface area contributed by atoms with Crippen molar-refractivity contribution in [1.29, 1.82) is 0 Å². The maximum absolute atomic E-state index is 11.0. The second-order valence-electron chi connectivity index (χ2n) is 4.20. The summed E-state index contributed by atoms with van der Waals surface area (Å²) in [7, 11) is 2.70. The van der Waals surface area contributed by atoms with E-state index in [1.54, 1.807) is 18.2 Å². The highest BCUT2D eigenvalue weighted by Gasteiger charge is 2.15. The zero-order valence-electron chi connectivity index (χ0n) is 11.9. The van der Waals surface area contributed by atoms with E-state index in [0.717, 1.165) is 0 Å². The molecule has 0 saturated carbocycles. The molecule has 7 nitrogen and oxygen atoms in total. The Hall–Kier alpha value is -3.09. The van der Waals surface area contributed by atoms with Gasteiger partial charge in [0.05, 0.1) is 30.8 Å². The molecule has 0 atom stereocenters. The molecule has 0 N–H and O–H groups in total. The van der Waals surface area contributed by atoms with E-state index < -0.39 is 10.9 Å². The lowest BCUT2D eigenvalue weighted by Crippen LogP contribution is -1.92. The van der Waals surface area contributed by atoms with Gasteiger partial charge in [0.15, 0.2) is 0 Å². The Kier molecular flexibility index (Phi) is 4.57. The predicted molar refractivity (Wildman–Crippen MR) is 78.4 cm³/mol. The number of hydrogen-bond donors (Lipinski definition) is 0. The minimum atomic E-state index is -0.501. The van der Waals surface area contributed by atoms with E-state index in [1.165, 1.54) is 38.5 Å². The van der Waals surface area contributed by atoms with E-state index in [0.29, 0.717) is 22.8 Å². The number of methoxy groups -OCH3 is 2. The van der Waals surface area contributed by atoms with Gasteiger partial charge in [-0.1, -0.05) is 0 Å². The molecule has 0 bridgehead atoms. The van der Waals surface area contributed by atoms with Crippen LogP contribution in [0, 0.1) is 10.1 Å². The second-order valence-corrected chi connectivity index (χ2v) is 4.20. The summed E-state index contributed by atoms with van der Waals surface area (Å²) in [5.74, 6) is 0.745. The van der Waals surface area contributed by atoms with E-state index in [1.807, 2.05) is 0 Å². The lowest BCUT2D eigenvalue weighted by Gasteiger charge is -2.05. The van der Waals surface area contributed by atoms with Crippen LogP contribution in [-0.2, 0) is 9.53 Å². The normalized spacial score (nSPS) is 10.6. The average Bonchev–Trinajstić information content (AvgIpc) is 3.00. The largest absolute Gasteiger partial charge is 0.496 e. The van der Waals surface area contributed by atoms with Gasteiger partial charge in [0.25, 0.3) is 5.69 Å². The Morgan fingerprint density at radius 1 is 1.27 bits per heavy atom. The van der Waals surface area contributed by atoms with Gasteiger partial charge in [-0.2, -0.15) is 0 Å². The molecule has 0 aliphatic carbocycles. The monoisotopic (exact) mass is 303 g/mol. The quantitative estimate of drug-likeness (QED) is 0.365. The molecule has 0 fully saturated rings. The highest BCUT2D eigenvalue weighted by molar-refractivity contribution is 5.86. The highest BCUT2D eigenvalue weighted by atomic mass is 16.6. The SMILES string of the molecule is COC(=O)/C=C/c1ccc(-c2ccc([N+](=O)[O-])cc2OC)o1. The maximum atomic E-state index is 11.0. The van der Waals surface area contributed by atoms with E-state index in [9.17, 15) is 14.9 Å². The fourth-order valence-corrected chi connectivity index (χ4v) is 1.80. The van der Waals surface area contributed by atoms with Gasteiger partial charge < -0.3 is 13.9 Å². The molecular weight excluding hydrogens is 290 g/mol. The van der Waals surface area contributed by atoms with Crippen molar-refractivity contribution in [2.45, 2.75) is 0 Å². The summed E-state index contributed by atoms with van der Waals surface area (Å²) in [4.78, 5) is 21.3. The molecule has 0 aliphatic rings. The molecule has 0 unspecified atom stereocenters. The third-order valence-electron chi connectivity index (χ3n) is 2.87. The number of ether oxygens (including phenoxy) is 2. The first-order valence-electron chi connectivity index (χ1n) is 6.24. The summed E-state index contributed by atoms with van der Waals surface area (Å²) in [6.45, 7) is 0. The van der Waals surface area contributed by atoms with Crippen molar-refractivity contribution in [3.8, 4) is 17.1 Å². The number of hydrogen-bond acceptors (Lipinski definition) is 6. The fraction of sp³-hybridized carbons (Fsp3) is 0.133. The third-order valence-corrected chi connectivity index (χ3v) is 2.87. The Bertz CT molecular complexity index is 731. The van der Waals surface area contributed by atoms with Gasteiger partial charge in [-0.25, -0.2) is 4.79 Å². The molecule has 2 rings (SSSR count). The van der Waals surface area contributed by atoms with Crippen LogP contribution in [-0.4, -0.2) is 25.1 Å². The average molecular weight is 303 g/mol. The van der Waals surface area contributed by atoms with Gasteiger partial charge in [0.1, 0.15) is 17.3 Å². The molecule has 0 amide bonds. The number of nitrogens with zero attached hydrogens (tertiary/aromatic N) is 1. The molecule has 0 aliphatic heterocycles. The predicted octanol–water partition coefficient (Wildman–Crippen LogP) is 3.05. The summed E-state index contributed by atoms with van der Waals surface area (Å²) in [5, 5.41) is 10.8. The van der Waals surface area contributed by atoms with Crippen molar-refractivity contribution in [2.24, 2.45) is 0 Å². The van der Waals surface area contributed by atoms with Gasteiger partial charge in [-0.05, 0) is 24.3 Å². The number of carbonyl (C=O) groups is 1. The molecule has 1 heterocycles. The van der Waals surface area contributed by atoms with Gasteiger partial charge in [0.2, 0.25) is 0 Å². The summed E-state index contributed by atoms with van der Waals surface area (Å²) in [6, 6.07) is 7.58. The number of esters is 1. The maximum Gasteiger partial charge on any atom is 0.330 e. The van der Waals surface area contributed by atoms with Crippen molar-refractivity contribution in [1.82, 2.24) is 0 Å². The molecule has 2 aromatic rings. The summed E-state index contributed by atoms with van der Waals surface area (Å²) < 4.78 is 15.2. The third kappa shape index (κ3) is 3.32. The molecule has 0 radical (unpaired) electrons. The van der Waals surface area contributed by atoms with Crippen LogP contribution < -0.4 is 4.74 Å². The van der Waals surface area contributed by atoms with Crippen molar-refractivity contribution >= 4 is 17.7 Å². The topological polar surface area (TPSA) is 91.8 Å². The Balaban J connectivity index is 2.32. The zero-order valence-corrected chi connectivity index (χ0v) is 11.9. The summed E-state index contributed by atoms with van der Waals surface area (Å²) >= 11 is 0. The highest BCUT2D eigenvalue weighted by Crippen LogP contribution is 2.34. The molecule has 0 spiro atoms. The van der Waals surface area contributed by atoms with Crippen LogP contribution in [0.1, 0.15) is 5.76 Å². The Labute approximate surface area is 125 Å². The van der Waals surface area contributed by atoms with Crippen molar-refractivity contribution in [2.75, 3.05) is 14.2 Å². The number of furan rings is 1. The summed E-state index contributed by atoms with van der Waals surface area (Å²) in [5.41, 5.74) is 0.504. The van der Waals surface area contributed by atoms with Crippen LogP contribution in [0.5, 0.6) is 5.75 Å². The molecule has 0 saturated heterocycles. The number of nitro groups is 1. The molecule has 1 aromatic heterocycles. The number of benzene rings is 1. The number of rotatable bonds is 5.